The van der Waals surface area contributed by atoms with Gasteiger partial charge < -0.3 is 9.84 Å². The molecule has 0 fully saturated rings. The Bertz CT molecular complexity index is 1620. The summed E-state index contributed by atoms with van der Waals surface area (Å²) in [6.45, 7) is 5.53. The maximum Gasteiger partial charge on any atom is 0.277 e. The SMILES string of the molecule is [2H]C([2H])(Oc1cc(C)n(-c2cc(-n3cc(C)c(C(C)(C)O)n3)ncc2C)c(=O)c1Cl)c1ncc(F)cc1F. The van der Waals surface area contributed by atoms with Crippen LogP contribution in [0.25, 0.3) is 11.5 Å². The Morgan fingerprint density at radius 2 is 1.86 bits per heavy atom. The van der Waals surface area contributed by atoms with Crippen molar-refractivity contribution in [1.29, 1.82) is 0 Å². The first-order valence-electron chi connectivity index (χ1n) is 11.8. The van der Waals surface area contributed by atoms with Crippen LogP contribution < -0.4 is 10.3 Å². The molecule has 8 nitrogen and oxygen atoms in total. The largest absolute Gasteiger partial charge is 0.485 e. The predicted molar refractivity (Wildman–Crippen MR) is 130 cm³/mol. The topological polar surface area (TPSA) is 95.1 Å². The third-order valence-corrected chi connectivity index (χ3v) is 5.73. The fourth-order valence-electron chi connectivity index (χ4n) is 3.70. The van der Waals surface area contributed by atoms with Crippen LogP contribution in [-0.2, 0) is 12.2 Å². The lowest BCUT2D eigenvalue weighted by atomic mass is 10.0. The maximum absolute atomic E-state index is 14.2. The number of halogens is 3. The smallest absolute Gasteiger partial charge is 0.277 e. The molecule has 4 heterocycles. The molecule has 0 unspecified atom stereocenters. The first-order valence-corrected chi connectivity index (χ1v) is 11.2. The highest BCUT2D eigenvalue weighted by Crippen LogP contribution is 2.27. The van der Waals surface area contributed by atoms with Crippen molar-refractivity contribution >= 4 is 11.6 Å². The zero-order chi connectivity index (χ0) is 28.2. The fraction of sp³-hybridized carbons (Fsp3) is 0.280. The maximum atomic E-state index is 14.2. The van der Waals surface area contributed by atoms with Gasteiger partial charge in [-0.3, -0.25) is 14.3 Å². The normalized spacial score (nSPS) is 12.9. The molecule has 0 saturated carbocycles. The molecule has 0 radical (unpaired) electrons. The molecule has 0 aliphatic heterocycles. The average Bonchev–Trinajstić information content (AvgIpc) is 3.20. The standard InChI is InChI=1S/C25H24ClF2N5O3/c1-13-9-30-21(32-11-14(2)23(31-32)25(4,5)35)8-19(13)33-15(3)6-20(22(26)24(33)34)36-12-18-17(28)7-16(27)10-29-18/h6-11,35H,12H2,1-5H3/i12D2. The van der Waals surface area contributed by atoms with Crippen molar-refractivity contribution in [3.05, 3.63) is 92.0 Å². The van der Waals surface area contributed by atoms with E-state index in [1.165, 1.54) is 15.3 Å². The number of hydrogen-bond donors (Lipinski definition) is 1. The molecule has 4 aromatic heterocycles. The molecule has 1 N–H and O–H groups in total. The van der Waals surface area contributed by atoms with Crippen molar-refractivity contribution in [3.8, 4) is 17.3 Å². The molecule has 4 aromatic rings. The Kier molecular flexibility index (Phi) is 5.98. The first-order chi connectivity index (χ1) is 17.6. The summed E-state index contributed by atoms with van der Waals surface area (Å²) in [5, 5.41) is 14.4. The van der Waals surface area contributed by atoms with Crippen LogP contribution in [0.2, 0.25) is 5.02 Å². The molecule has 36 heavy (non-hydrogen) atoms. The van der Waals surface area contributed by atoms with Gasteiger partial charge in [0.05, 0.1) is 20.3 Å². The molecule has 0 atom stereocenters. The summed E-state index contributed by atoms with van der Waals surface area (Å²) >= 11 is 6.30. The van der Waals surface area contributed by atoms with E-state index in [1.54, 1.807) is 46.2 Å². The third-order valence-electron chi connectivity index (χ3n) is 5.38. The third kappa shape index (κ3) is 4.87. The second-order valence-corrected chi connectivity index (χ2v) is 9.16. The summed E-state index contributed by atoms with van der Waals surface area (Å²) in [7, 11) is 0. The average molecular weight is 518 g/mol. The Morgan fingerprint density at radius 1 is 1.14 bits per heavy atom. The van der Waals surface area contributed by atoms with E-state index in [0.29, 0.717) is 40.7 Å². The van der Waals surface area contributed by atoms with Crippen LogP contribution in [0.3, 0.4) is 0 Å². The molecule has 0 spiro atoms. The van der Waals surface area contributed by atoms with E-state index in [-0.39, 0.29) is 5.75 Å². The predicted octanol–water partition coefficient (Wildman–Crippen LogP) is 4.48. The second kappa shape index (κ2) is 9.44. The number of aromatic nitrogens is 5. The number of pyridine rings is 3. The van der Waals surface area contributed by atoms with Gasteiger partial charge in [0.25, 0.3) is 5.56 Å². The van der Waals surface area contributed by atoms with Gasteiger partial charge in [0, 0.05) is 36.3 Å². The van der Waals surface area contributed by atoms with E-state index in [9.17, 15) is 18.7 Å². The minimum atomic E-state index is -2.86. The van der Waals surface area contributed by atoms with Crippen molar-refractivity contribution in [2.75, 3.05) is 0 Å². The summed E-state index contributed by atoms with van der Waals surface area (Å²) in [5.74, 6) is -2.20. The van der Waals surface area contributed by atoms with E-state index in [4.69, 9.17) is 19.1 Å². The Morgan fingerprint density at radius 3 is 2.50 bits per heavy atom. The number of aliphatic hydroxyl groups is 1. The van der Waals surface area contributed by atoms with E-state index in [1.807, 2.05) is 6.92 Å². The summed E-state index contributed by atoms with van der Waals surface area (Å²) in [4.78, 5) is 21.2. The fourth-order valence-corrected chi connectivity index (χ4v) is 3.88. The summed E-state index contributed by atoms with van der Waals surface area (Å²) < 4.78 is 51.7. The number of hydrogen-bond acceptors (Lipinski definition) is 6. The van der Waals surface area contributed by atoms with Crippen LogP contribution in [0.15, 0.2) is 41.6 Å². The number of ether oxygens (including phenoxy) is 1. The Hall–Kier alpha value is -3.63. The lowest BCUT2D eigenvalue weighted by Crippen LogP contribution is -2.23. The zero-order valence-corrected chi connectivity index (χ0v) is 20.9. The summed E-state index contributed by atoms with van der Waals surface area (Å²) in [6, 6.07) is 3.43. The van der Waals surface area contributed by atoms with Crippen molar-refractivity contribution in [2.24, 2.45) is 0 Å². The van der Waals surface area contributed by atoms with Crippen LogP contribution in [0.4, 0.5) is 8.78 Å². The zero-order valence-electron chi connectivity index (χ0n) is 22.1. The minimum Gasteiger partial charge on any atom is -0.485 e. The van der Waals surface area contributed by atoms with E-state index < -0.39 is 40.1 Å². The molecular weight excluding hydrogens is 492 g/mol. The van der Waals surface area contributed by atoms with Gasteiger partial charge in [-0.2, -0.15) is 5.10 Å². The van der Waals surface area contributed by atoms with Gasteiger partial charge in [0.15, 0.2) is 11.6 Å². The number of rotatable bonds is 6. The van der Waals surface area contributed by atoms with Crippen molar-refractivity contribution < 1.29 is 21.4 Å². The summed E-state index contributed by atoms with van der Waals surface area (Å²) in [6.07, 6.45) is 3.91. The van der Waals surface area contributed by atoms with Crippen molar-refractivity contribution in [3.63, 3.8) is 0 Å². The first kappa shape index (κ1) is 22.8. The van der Waals surface area contributed by atoms with E-state index in [0.717, 1.165) is 5.56 Å². The van der Waals surface area contributed by atoms with Crippen molar-refractivity contribution in [2.45, 2.75) is 46.8 Å². The molecule has 0 aromatic carbocycles. The van der Waals surface area contributed by atoms with Crippen LogP contribution in [0.1, 0.15) is 44.8 Å². The molecule has 0 bridgehead atoms. The quantitative estimate of drug-likeness (QED) is 0.405. The highest BCUT2D eigenvalue weighted by atomic mass is 35.5. The summed E-state index contributed by atoms with van der Waals surface area (Å²) in [5.41, 5.74) is -0.0863. The van der Waals surface area contributed by atoms with E-state index >= 15 is 0 Å². The number of nitrogens with zero attached hydrogens (tertiary/aromatic N) is 5. The second-order valence-electron chi connectivity index (χ2n) is 8.79. The molecule has 188 valence electrons. The van der Waals surface area contributed by atoms with Crippen LogP contribution in [-0.4, -0.2) is 29.4 Å². The van der Waals surface area contributed by atoms with E-state index in [2.05, 4.69) is 15.1 Å². The molecule has 0 saturated heterocycles. The Labute approximate surface area is 213 Å². The van der Waals surface area contributed by atoms with Gasteiger partial charge >= 0.3 is 0 Å². The molecule has 0 amide bonds. The van der Waals surface area contributed by atoms with Gasteiger partial charge in [-0.15, -0.1) is 0 Å². The van der Waals surface area contributed by atoms with Gasteiger partial charge in [-0.25, -0.2) is 18.4 Å². The molecule has 0 aliphatic rings. The lowest BCUT2D eigenvalue weighted by Gasteiger charge is -2.17. The lowest BCUT2D eigenvalue weighted by molar-refractivity contribution is 0.0728. The molecular formula is C25H24ClF2N5O3. The molecule has 11 heteroatoms. The van der Waals surface area contributed by atoms with Gasteiger partial charge in [0.1, 0.15) is 34.4 Å². The number of aryl methyl sites for hydroxylation is 3. The van der Waals surface area contributed by atoms with Gasteiger partial charge in [-0.1, -0.05) is 11.6 Å². The van der Waals surface area contributed by atoms with Gasteiger partial charge in [-0.05, 0) is 45.7 Å². The van der Waals surface area contributed by atoms with Crippen LogP contribution >= 0.6 is 11.6 Å². The Balaban J connectivity index is 1.77. The minimum absolute atomic E-state index is 0.326. The van der Waals surface area contributed by atoms with Gasteiger partial charge in [0.2, 0.25) is 0 Å². The monoisotopic (exact) mass is 517 g/mol. The highest BCUT2D eigenvalue weighted by molar-refractivity contribution is 6.31. The highest BCUT2D eigenvalue weighted by Gasteiger charge is 2.23. The molecule has 4 rings (SSSR count). The van der Waals surface area contributed by atoms with Crippen LogP contribution in [0, 0.1) is 32.4 Å². The van der Waals surface area contributed by atoms with Crippen molar-refractivity contribution in [1.82, 2.24) is 24.3 Å². The van der Waals surface area contributed by atoms with Crippen LogP contribution in [0.5, 0.6) is 5.75 Å². The molecule has 0 aliphatic carbocycles.